The molecule has 9 heteroatoms. The van der Waals surface area contributed by atoms with Gasteiger partial charge in [-0.25, -0.2) is 4.68 Å². The standard InChI is InChI=1S/C30H26N4O5/c1-19(35)18-38-24-13-14-25-26(17-24)31-16-15-27(25)39-23-11-9-21(10-12-23)32-29(36)28-20(2)33(3)34(30(28)37)22-7-5-4-6-8-22/h5,7-17,19,35H,18H2,1-3H3,(H,32,36)/t19-/m0/s1. The van der Waals surface area contributed by atoms with E-state index in [0.717, 1.165) is 5.39 Å². The number of ether oxygens (including phenoxy) is 2. The molecule has 9 nitrogen and oxygen atoms in total. The number of anilines is 1. The van der Waals surface area contributed by atoms with Crippen molar-refractivity contribution in [3.05, 3.63) is 107 Å². The number of aliphatic hydroxyl groups is 1. The summed E-state index contributed by atoms with van der Waals surface area (Å²) in [4.78, 5) is 30.6. The highest BCUT2D eigenvalue weighted by molar-refractivity contribution is 6.05. The Bertz CT molecular complexity index is 1690. The van der Waals surface area contributed by atoms with Gasteiger partial charge in [-0.15, -0.1) is 0 Å². The van der Waals surface area contributed by atoms with Crippen molar-refractivity contribution in [1.82, 2.24) is 14.3 Å². The summed E-state index contributed by atoms with van der Waals surface area (Å²) in [5.74, 6) is 1.27. The number of fused-ring (bicyclic) bond motifs is 1. The van der Waals surface area contributed by atoms with Gasteiger partial charge in [0.05, 0.1) is 23.0 Å². The maximum absolute atomic E-state index is 13.1. The zero-order chi connectivity index (χ0) is 27.5. The molecule has 0 aliphatic carbocycles. The Kier molecular flexibility index (Phi) is 7.04. The van der Waals surface area contributed by atoms with Crippen molar-refractivity contribution < 1.29 is 19.4 Å². The monoisotopic (exact) mass is 522 g/mol. The van der Waals surface area contributed by atoms with Crippen molar-refractivity contribution in [3.63, 3.8) is 0 Å². The lowest BCUT2D eigenvalue weighted by Crippen LogP contribution is -2.25. The molecule has 5 aromatic rings. The third kappa shape index (κ3) is 5.32. The third-order valence-corrected chi connectivity index (χ3v) is 6.17. The second-order valence-corrected chi connectivity index (χ2v) is 9.02. The summed E-state index contributed by atoms with van der Waals surface area (Å²) in [5.41, 5.74) is 1.98. The quantitative estimate of drug-likeness (QED) is 0.312. The number of carbonyl (C=O) groups excluding carboxylic acids is 1. The molecule has 0 bridgehead atoms. The first kappa shape index (κ1) is 25.6. The number of rotatable bonds is 8. The molecule has 0 saturated carbocycles. The van der Waals surface area contributed by atoms with E-state index in [0.29, 0.717) is 39.8 Å². The number of pyridine rings is 1. The second kappa shape index (κ2) is 10.7. The second-order valence-electron chi connectivity index (χ2n) is 9.02. The van der Waals surface area contributed by atoms with Crippen molar-refractivity contribution in [1.29, 1.82) is 0 Å². The van der Waals surface area contributed by atoms with Crippen LogP contribution in [0.2, 0.25) is 0 Å². The Hall–Kier alpha value is -5.07. The van der Waals surface area contributed by atoms with Crippen molar-refractivity contribution in [2.75, 3.05) is 11.9 Å². The molecular formula is C30H26N4O5. The molecule has 0 fully saturated rings. The van der Waals surface area contributed by atoms with Crippen LogP contribution in [0.5, 0.6) is 17.2 Å². The van der Waals surface area contributed by atoms with Crippen LogP contribution in [-0.2, 0) is 7.05 Å². The van der Waals surface area contributed by atoms with Crippen LogP contribution in [0, 0.1) is 19.1 Å². The molecule has 0 aliphatic rings. The molecule has 3 aromatic carbocycles. The molecule has 0 unspecified atom stereocenters. The van der Waals surface area contributed by atoms with Crippen LogP contribution in [0.3, 0.4) is 0 Å². The summed E-state index contributed by atoms with van der Waals surface area (Å²) in [7, 11) is 1.72. The Morgan fingerprint density at radius 1 is 1.10 bits per heavy atom. The predicted octanol–water partition coefficient (Wildman–Crippen LogP) is 4.44. The number of aliphatic hydroxyl groups excluding tert-OH is 1. The van der Waals surface area contributed by atoms with E-state index in [1.165, 1.54) is 4.68 Å². The topological polar surface area (TPSA) is 108 Å². The van der Waals surface area contributed by atoms with Crippen LogP contribution < -0.4 is 20.3 Å². The van der Waals surface area contributed by atoms with E-state index < -0.39 is 17.6 Å². The number of aromatic nitrogens is 3. The summed E-state index contributed by atoms with van der Waals surface area (Å²) < 4.78 is 14.7. The van der Waals surface area contributed by atoms with Crippen LogP contribution in [-0.4, -0.2) is 38.1 Å². The molecule has 39 heavy (non-hydrogen) atoms. The van der Waals surface area contributed by atoms with Gasteiger partial charge in [0, 0.05) is 36.5 Å². The van der Waals surface area contributed by atoms with Crippen LogP contribution >= 0.6 is 0 Å². The predicted molar refractivity (Wildman–Crippen MR) is 147 cm³/mol. The van der Waals surface area contributed by atoms with Crippen molar-refractivity contribution in [3.8, 4) is 22.9 Å². The zero-order valence-corrected chi connectivity index (χ0v) is 21.6. The highest BCUT2D eigenvalue weighted by Crippen LogP contribution is 2.31. The molecule has 0 saturated heterocycles. The van der Waals surface area contributed by atoms with Gasteiger partial charge in [0.15, 0.2) is 0 Å². The molecular weight excluding hydrogens is 496 g/mol. The molecule has 1 atom stereocenters. The minimum atomic E-state index is -0.571. The molecule has 0 spiro atoms. The molecule has 0 radical (unpaired) electrons. The van der Waals surface area contributed by atoms with Crippen LogP contribution in [0.15, 0.2) is 77.7 Å². The first-order valence-corrected chi connectivity index (χ1v) is 12.3. The fourth-order valence-corrected chi connectivity index (χ4v) is 4.16. The van der Waals surface area contributed by atoms with Crippen LogP contribution in [0.4, 0.5) is 5.69 Å². The van der Waals surface area contributed by atoms with Gasteiger partial charge in [0.25, 0.3) is 11.5 Å². The fourth-order valence-electron chi connectivity index (χ4n) is 4.16. The van der Waals surface area contributed by atoms with Gasteiger partial charge in [0.2, 0.25) is 0 Å². The highest BCUT2D eigenvalue weighted by Gasteiger charge is 2.22. The smallest absolute Gasteiger partial charge is 0.284 e. The lowest BCUT2D eigenvalue weighted by atomic mass is 10.2. The number of hydrogen-bond donors (Lipinski definition) is 2. The van der Waals surface area contributed by atoms with Gasteiger partial charge in [-0.1, -0.05) is 12.1 Å². The largest absolute Gasteiger partial charge is 0.491 e. The van der Waals surface area contributed by atoms with E-state index in [2.05, 4.69) is 22.4 Å². The Morgan fingerprint density at radius 3 is 2.59 bits per heavy atom. The molecule has 1 amide bonds. The molecule has 2 N–H and O–H groups in total. The lowest BCUT2D eigenvalue weighted by molar-refractivity contribution is 0.102. The average molecular weight is 523 g/mol. The maximum atomic E-state index is 13.1. The van der Waals surface area contributed by atoms with Gasteiger partial charge in [0.1, 0.15) is 29.4 Å². The third-order valence-electron chi connectivity index (χ3n) is 6.17. The van der Waals surface area contributed by atoms with E-state index in [1.807, 2.05) is 6.07 Å². The minimum absolute atomic E-state index is 0.0608. The van der Waals surface area contributed by atoms with E-state index in [4.69, 9.17) is 9.47 Å². The zero-order valence-electron chi connectivity index (χ0n) is 21.6. The first-order valence-electron chi connectivity index (χ1n) is 12.3. The van der Waals surface area contributed by atoms with E-state index >= 15 is 0 Å². The molecule has 0 aliphatic heterocycles. The van der Waals surface area contributed by atoms with Crippen molar-refractivity contribution >= 4 is 22.5 Å². The number of hydrogen-bond acceptors (Lipinski definition) is 6. The van der Waals surface area contributed by atoms with Gasteiger partial charge >= 0.3 is 0 Å². The first-order chi connectivity index (χ1) is 18.8. The number of nitrogens with zero attached hydrogens (tertiary/aromatic N) is 3. The molecule has 196 valence electrons. The SMILES string of the molecule is Cc1c(C(=O)Nc2ccc(Oc3ccnc4cc(OC[C@H](C)O)ccc34)cc2)c(=O)n(-c2cc#ccc2)n1C. The fraction of sp³-hybridized carbons (Fsp3) is 0.167. The van der Waals surface area contributed by atoms with Gasteiger partial charge < -0.3 is 19.9 Å². The number of nitrogens with one attached hydrogen (secondary N) is 1. The van der Waals surface area contributed by atoms with Crippen LogP contribution in [0.1, 0.15) is 23.0 Å². The highest BCUT2D eigenvalue weighted by atomic mass is 16.5. The Labute approximate surface area is 224 Å². The Balaban J connectivity index is 1.32. The number of benzene rings is 2. The maximum Gasteiger partial charge on any atom is 0.284 e. The summed E-state index contributed by atoms with van der Waals surface area (Å²) in [5, 5.41) is 13.0. The Morgan fingerprint density at radius 2 is 1.87 bits per heavy atom. The lowest BCUT2D eigenvalue weighted by Gasteiger charge is -2.12. The number of carbonyl (C=O) groups is 1. The summed E-state index contributed by atoms with van der Waals surface area (Å²) in [6.45, 7) is 3.57. The van der Waals surface area contributed by atoms with Crippen LogP contribution in [0.25, 0.3) is 16.6 Å². The molecule has 2 aromatic heterocycles. The number of amides is 1. The molecule has 2 heterocycles. The average Bonchev–Trinajstić information content (AvgIpc) is 3.16. The van der Waals surface area contributed by atoms with Crippen molar-refractivity contribution in [2.24, 2.45) is 7.05 Å². The van der Waals surface area contributed by atoms with Gasteiger partial charge in [-0.3, -0.25) is 19.3 Å². The van der Waals surface area contributed by atoms with Gasteiger partial charge in [-0.2, -0.15) is 0 Å². The van der Waals surface area contributed by atoms with Gasteiger partial charge in [-0.05, 0) is 68.4 Å². The van der Waals surface area contributed by atoms with E-state index in [1.54, 1.807) is 92.4 Å². The molecule has 5 rings (SSSR count). The summed E-state index contributed by atoms with van der Waals surface area (Å²) in [6.07, 6.45) is 1.07. The summed E-state index contributed by atoms with van der Waals surface area (Å²) >= 11 is 0. The minimum Gasteiger partial charge on any atom is -0.491 e. The van der Waals surface area contributed by atoms with E-state index in [9.17, 15) is 14.7 Å². The van der Waals surface area contributed by atoms with E-state index in [-0.39, 0.29) is 12.2 Å². The normalized spacial score (nSPS) is 11.6. The summed E-state index contributed by atoms with van der Waals surface area (Å²) in [6, 6.07) is 24.7. The van der Waals surface area contributed by atoms with Crippen molar-refractivity contribution in [2.45, 2.75) is 20.0 Å².